The number of nitrogens with zero attached hydrogens (tertiary/aromatic N) is 3. The van der Waals surface area contributed by atoms with Crippen LogP contribution in [0.3, 0.4) is 0 Å². The van der Waals surface area contributed by atoms with Gasteiger partial charge < -0.3 is 5.32 Å². The Morgan fingerprint density at radius 3 is 2.38 bits per heavy atom. The van der Waals surface area contributed by atoms with Crippen molar-refractivity contribution < 1.29 is 18.0 Å². The number of hydrogen-bond acceptors (Lipinski definition) is 3. The van der Waals surface area contributed by atoms with Crippen molar-refractivity contribution in [1.82, 2.24) is 19.9 Å². The van der Waals surface area contributed by atoms with Gasteiger partial charge in [0.1, 0.15) is 5.56 Å². The number of rotatable bonds is 4. The third-order valence-electron chi connectivity index (χ3n) is 8.86. The Kier molecular flexibility index (Phi) is 4.94. The highest BCUT2D eigenvalue weighted by Gasteiger charge is 2.50. The molecule has 4 saturated carbocycles. The van der Waals surface area contributed by atoms with E-state index in [-0.39, 0.29) is 22.3 Å². The van der Waals surface area contributed by atoms with Gasteiger partial charge >= 0.3 is 6.18 Å². The summed E-state index contributed by atoms with van der Waals surface area (Å²) >= 11 is 0. The molecule has 4 aromatic rings. The van der Waals surface area contributed by atoms with Crippen LogP contribution in [0.15, 0.2) is 54.7 Å². The van der Waals surface area contributed by atoms with E-state index in [4.69, 9.17) is 0 Å². The molecular weight excluding hydrogens is 477 g/mol. The maximum atomic E-state index is 14.1. The Hall–Kier alpha value is -3.42. The molecule has 0 radical (unpaired) electrons. The normalized spacial score (nSPS) is 26.7. The second kappa shape index (κ2) is 8.04. The molecule has 4 aliphatic carbocycles. The highest BCUT2D eigenvalue weighted by molar-refractivity contribution is 6.00. The highest BCUT2D eigenvalue weighted by atomic mass is 19.4. The summed E-state index contributed by atoms with van der Waals surface area (Å²) in [5.41, 5.74) is -0.121. The van der Waals surface area contributed by atoms with Crippen LogP contribution in [0.1, 0.15) is 54.6 Å². The van der Waals surface area contributed by atoms with E-state index in [9.17, 15) is 18.0 Å². The maximum Gasteiger partial charge on any atom is 0.433 e. The van der Waals surface area contributed by atoms with Gasteiger partial charge in [-0.2, -0.15) is 18.3 Å². The first kappa shape index (κ1) is 22.8. The number of carbonyl (C=O) groups excluding carboxylic acids is 1. The van der Waals surface area contributed by atoms with Crippen LogP contribution in [0.25, 0.3) is 27.7 Å². The van der Waals surface area contributed by atoms with Gasteiger partial charge in [0.15, 0.2) is 11.3 Å². The average Bonchev–Trinajstić information content (AvgIpc) is 3.29. The number of hydrogen-bond donors (Lipinski definition) is 1. The minimum atomic E-state index is -4.67. The van der Waals surface area contributed by atoms with Crippen molar-refractivity contribution in [2.24, 2.45) is 23.2 Å². The van der Waals surface area contributed by atoms with Gasteiger partial charge in [-0.3, -0.25) is 4.79 Å². The van der Waals surface area contributed by atoms with E-state index in [0.29, 0.717) is 12.1 Å². The van der Waals surface area contributed by atoms with Gasteiger partial charge in [-0.05, 0) is 78.5 Å². The zero-order valence-corrected chi connectivity index (χ0v) is 20.3. The number of amides is 1. The summed E-state index contributed by atoms with van der Waals surface area (Å²) < 4.78 is 43.1. The number of carbonyl (C=O) groups is 1. The molecule has 4 fully saturated rings. The van der Waals surface area contributed by atoms with E-state index in [2.05, 4.69) is 15.4 Å². The van der Waals surface area contributed by atoms with Gasteiger partial charge in [-0.15, -0.1) is 0 Å². The predicted octanol–water partition coefficient (Wildman–Crippen LogP) is 6.51. The van der Waals surface area contributed by atoms with Crippen molar-refractivity contribution in [3.8, 4) is 11.3 Å². The SMILES string of the molecule is O=C(NCC12CC3CC(CC(C3)C1)C2)c1cnn2c(C(F)(F)F)cc(-c3cccc4ccccc34)nc12. The Balaban J connectivity index is 1.27. The minimum Gasteiger partial charge on any atom is -0.351 e. The first-order valence-corrected chi connectivity index (χ1v) is 13.0. The van der Waals surface area contributed by atoms with Gasteiger partial charge in [0, 0.05) is 12.1 Å². The minimum absolute atomic E-state index is 0.0670. The Bertz CT molecular complexity index is 1500. The first-order valence-electron chi connectivity index (χ1n) is 13.0. The summed E-state index contributed by atoms with van der Waals surface area (Å²) in [5, 5.41) is 8.71. The molecule has 2 heterocycles. The zero-order chi connectivity index (χ0) is 25.4. The molecule has 1 amide bonds. The molecule has 8 heteroatoms. The highest BCUT2D eigenvalue weighted by Crippen LogP contribution is 2.59. The second-order valence-corrected chi connectivity index (χ2v) is 11.4. The quantitative estimate of drug-likeness (QED) is 0.345. The van der Waals surface area contributed by atoms with Crippen LogP contribution < -0.4 is 5.32 Å². The molecule has 5 nitrogen and oxygen atoms in total. The van der Waals surface area contributed by atoms with E-state index in [1.807, 2.05) is 30.3 Å². The number of aromatic nitrogens is 3. The van der Waals surface area contributed by atoms with E-state index in [1.54, 1.807) is 12.1 Å². The van der Waals surface area contributed by atoms with Gasteiger partial charge in [-0.25, -0.2) is 9.50 Å². The first-order chi connectivity index (χ1) is 17.8. The Morgan fingerprint density at radius 2 is 1.68 bits per heavy atom. The lowest BCUT2D eigenvalue weighted by molar-refractivity contribution is -0.142. The van der Waals surface area contributed by atoms with Crippen molar-refractivity contribution in [3.05, 3.63) is 66.0 Å². The molecular formula is C29H27F3N4O. The molecule has 0 unspecified atom stereocenters. The van der Waals surface area contributed by atoms with E-state index >= 15 is 0 Å². The van der Waals surface area contributed by atoms with Crippen molar-refractivity contribution >= 4 is 22.3 Å². The Labute approximate surface area is 212 Å². The number of benzene rings is 2. The van der Waals surface area contributed by atoms with Crippen LogP contribution in [0.5, 0.6) is 0 Å². The molecule has 0 atom stereocenters. The zero-order valence-electron chi connectivity index (χ0n) is 20.3. The van der Waals surface area contributed by atoms with Crippen LogP contribution >= 0.6 is 0 Å². The lowest BCUT2D eigenvalue weighted by Crippen LogP contribution is -2.51. The van der Waals surface area contributed by atoms with Crippen molar-refractivity contribution in [2.45, 2.75) is 44.7 Å². The van der Waals surface area contributed by atoms with Crippen LogP contribution in [0, 0.1) is 23.2 Å². The molecule has 8 rings (SSSR count). The van der Waals surface area contributed by atoms with Gasteiger partial charge in [-0.1, -0.05) is 42.5 Å². The molecule has 2 aromatic carbocycles. The van der Waals surface area contributed by atoms with Crippen molar-refractivity contribution in [1.29, 1.82) is 0 Å². The fraction of sp³-hybridized carbons (Fsp3) is 0.414. The molecule has 0 spiro atoms. The predicted molar refractivity (Wildman–Crippen MR) is 134 cm³/mol. The number of alkyl halides is 3. The number of nitrogens with one attached hydrogen (secondary N) is 1. The molecule has 190 valence electrons. The number of fused-ring (bicyclic) bond motifs is 2. The summed E-state index contributed by atoms with van der Waals surface area (Å²) in [4.78, 5) is 17.9. The topological polar surface area (TPSA) is 59.3 Å². The molecule has 0 aliphatic heterocycles. The Morgan fingerprint density at radius 1 is 1.00 bits per heavy atom. The van der Waals surface area contributed by atoms with Crippen molar-refractivity contribution in [2.75, 3.05) is 6.54 Å². The molecule has 2 aromatic heterocycles. The average molecular weight is 505 g/mol. The summed E-state index contributed by atoms with van der Waals surface area (Å²) in [7, 11) is 0. The fourth-order valence-electron chi connectivity index (χ4n) is 7.78. The van der Waals surface area contributed by atoms with Gasteiger partial charge in [0.05, 0.1) is 11.9 Å². The monoisotopic (exact) mass is 504 g/mol. The fourth-order valence-corrected chi connectivity index (χ4v) is 7.78. The summed E-state index contributed by atoms with van der Waals surface area (Å²) in [5.74, 6) is 1.83. The lowest BCUT2D eigenvalue weighted by atomic mass is 9.49. The van der Waals surface area contributed by atoms with E-state index in [1.165, 1.54) is 25.5 Å². The van der Waals surface area contributed by atoms with Gasteiger partial charge in [0.25, 0.3) is 5.91 Å². The number of halogens is 3. The van der Waals surface area contributed by atoms with Crippen LogP contribution in [0.2, 0.25) is 0 Å². The van der Waals surface area contributed by atoms with Crippen LogP contribution in [0.4, 0.5) is 13.2 Å². The summed E-state index contributed by atoms with van der Waals surface area (Å²) in [6, 6.07) is 14.0. The van der Waals surface area contributed by atoms with Gasteiger partial charge in [0.2, 0.25) is 0 Å². The van der Waals surface area contributed by atoms with E-state index in [0.717, 1.165) is 58.4 Å². The largest absolute Gasteiger partial charge is 0.433 e. The van der Waals surface area contributed by atoms with Crippen LogP contribution in [-0.2, 0) is 6.18 Å². The molecule has 4 aliphatic rings. The molecule has 1 N–H and O–H groups in total. The summed E-state index contributed by atoms with van der Waals surface area (Å²) in [6.45, 7) is 0.557. The third-order valence-corrected chi connectivity index (χ3v) is 8.86. The smallest absolute Gasteiger partial charge is 0.351 e. The second-order valence-electron chi connectivity index (χ2n) is 11.4. The molecule has 4 bridgehead atoms. The molecule has 37 heavy (non-hydrogen) atoms. The van der Waals surface area contributed by atoms with Crippen molar-refractivity contribution in [3.63, 3.8) is 0 Å². The summed E-state index contributed by atoms with van der Waals surface area (Å²) in [6.07, 6.45) is 3.87. The standard InChI is InChI=1S/C29H27F3N4O/c30-29(31,32)25-11-24(22-7-3-5-20-4-1-2-6-21(20)22)35-26-23(15-34-36(25)26)27(37)33-16-28-12-17-8-18(13-28)10-19(9-17)14-28/h1-7,11,15,17-19H,8-10,12-14,16H2,(H,33,37). The maximum absolute atomic E-state index is 14.1. The third kappa shape index (κ3) is 3.80. The van der Waals surface area contributed by atoms with Crippen LogP contribution in [-0.4, -0.2) is 27.0 Å². The lowest BCUT2D eigenvalue weighted by Gasteiger charge is -2.56. The van der Waals surface area contributed by atoms with E-state index < -0.39 is 17.8 Å². The molecule has 0 saturated heterocycles.